The van der Waals surface area contributed by atoms with Gasteiger partial charge in [0.1, 0.15) is 0 Å². The van der Waals surface area contributed by atoms with Crippen LogP contribution < -0.4 is 4.90 Å². The number of benzene rings is 2. The molecule has 0 fully saturated rings. The molecule has 1 aliphatic rings. The molecule has 2 nitrogen and oxygen atoms in total. The van der Waals surface area contributed by atoms with Crippen LogP contribution >= 0.6 is 0 Å². The predicted molar refractivity (Wildman–Crippen MR) is 87.7 cm³/mol. The van der Waals surface area contributed by atoms with Crippen LogP contribution in [0, 0.1) is 5.92 Å². The number of rotatable bonds is 3. The van der Waals surface area contributed by atoms with Crippen molar-refractivity contribution in [1.82, 2.24) is 0 Å². The van der Waals surface area contributed by atoms with E-state index in [1.165, 1.54) is 16.8 Å². The molecular weight excluding hydrogens is 258 g/mol. The largest absolute Gasteiger partial charge is 0.388 e. The van der Waals surface area contributed by atoms with Crippen LogP contribution in [0.1, 0.15) is 29.2 Å². The molecule has 0 radical (unpaired) electrons. The van der Waals surface area contributed by atoms with Crippen LogP contribution in [0.3, 0.4) is 0 Å². The molecule has 0 aliphatic heterocycles. The zero-order valence-corrected chi connectivity index (χ0v) is 12.8. The summed E-state index contributed by atoms with van der Waals surface area (Å²) in [7, 11) is 4.10. The van der Waals surface area contributed by atoms with Gasteiger partial charge in [-0.1, -0.05) is 36.4 Å². The smallest absolute Gasteiger partial charge is 0.0824 e. The average molecular weight is 281 g/mol. The van der Waals surface area contributed by atoms with Crippen LogP contribution in [0.15, 0.2) is 48.5 Å². The first-order valence-corrected chi connectivity index (χ1v) is 7.67. The highest BCUT2D eigenvalue weighted by Crippen LogP contribution is 2.36. The number of hydrogen-bond acceptors (Lipinski definition) is 2. The molecule has 2 aromatic carbocycles. The molecule has 0 heterocycles. The minimum absolute atomic E-state index is 0.324. The van der Waals surface area contributed by atoms with E-state index in [9.17, 15) is 5.11 Å². The Balaban J connectivity index is 1.74. The summed E-state index contributed by atoms with van der Waals surface area (Å²) in [5.74, 6) is 0.324. The number of fused-ring (bicyclic) bond motifs is 1. The first-order chi connectivity index (χ1) is 10.1. The fourth-order valence-electron chi connectivity index (χ4n) is 3.25. The fourth-order valence-corrected chi connectivity index (χ4v) is 3.25. The number of anilines is 1. The minimum atomic E-state index is -0.330. The van der Waals surface area contributed by atoms with Gasteiger partial charge in [0.05, 0.1) is 6.10 Å². The van der Waals surface area contributed by atoms with E-state index in [0.29, 0.717) is 5.92 Å². The first-order valence-electron chi connectivity index (χ1n) is 7.67. The van der Waals surface area contributed by atoms with Gasteiger partial charge in [-0.15, -0.1) is 0 Å². The Hall–Kier alpha value is -1.80. The quantitative estimate of drug-likeness (QED) is 0.929. The number of nitrogens with zero attached hydrogens (tertiary/aromatic N) is 1. The topological polar surface area (TPSA) is 23.5 Å². The van der Waals surface area contributed by atoms with Crippen molar-refractivity contribution >= 4 is 5.69 Å². The highest BCUT2D eigenvalue weighted by atomic mass is 16.3. The van der Waals surface area contributed by atoms with Crippen LogP contribution in [0.5, 0.6) is 0 Å². The second-order valence-electron chi connectivity index (χ2n) is 6.21. The molecule has 1 aliphatic carbocycles. The number of aliphatic hydroxyl groups excluding tert-OH is 1. The molecule has 2 atom stereocenters. The summed E-state index contributed by atoms with van der Waals surface area (Å²) in [5.41, 5.74) is 4.96. The van der Waals surface area contributed by atoms with Crippen molar-refractivity contribution in [3.05, 3.63) is 65.2 Å². The second kappa shape index (κ2) is 5.90. The highest BCUT2D eigenvalue weighted by Gasteiger charge is 2.27. The Bertz CT molecular complexity index is 603. The molecule has 2 unspecified atom stereocenters. The lowest BCUT2D eigenvalue weighted by Crippen LogP contribution is -2.22. The molecule has 1 N–H and O–H groups in total. The van der Waals surface area contributed by atoms with E-state index in [4.69, 9.17) is 0 Å². The molecular formula is C19H23NO. The lowest BCUT2D eigenvalue weighted by atomic mass is 9.78. The minimum Gasteiger partial charge on any atom is -0.388 e. The molecule has 21 heavy (non-hydrogen) atoms. The normalized spacial score (nSPS) is 20.9. The predicted octanol–water partition coefficient (Wildman–Crippen LogP) is 3.59. The molecule has 0 saturated carbocycles. The van der Waals surface area contributed by atoms with E-state index in [0.717, 1.165) is 24.8 Å². The van der Waals surface area contributed by atoms with E-state index in [1.54, 1.807) is 0 Å². The molecule has 0 saturated heterocycles. The van der Waals surface area contributed by atoms with E-state index in [2.05, 4.69) is 61.5 Å². The zero-order valence-electron chi connectivity index (χ0n) is 12.8. The summed E-state index contributed by atoms with van der Waals surface area (Å²) >= 11 is 0. The van der Waals surface area contributed by atoms with Gasteiger partial charge in [0.25, 0.3) is 0 Å². The van der Waals surface area contributed by atoms with Gasteiger partial charge in [0.15, 0.2) is 0 Å². The molecule has 3 rings (SSSR count). The molecule has 0 amide bonds. The summed E-state index contributed by atoms with van der Waals surface area (Å²) in [6.07, 6.45) is 2.76. The molecule has 0 aromatic heterocycles. The number of aliphatic hydroxyl groups is 1. The van der Waals surface area contributed by atoms with Gasteiger partial charge in [-0.3, -0.25) is 0 Å². The molecule has 0 bridgehead atoms. The van der Waals surface area contributed by atoms with E-state index < -0.39 is 0 Å². The van der Waals surface area contributed by atoms with Gasteiger partial charge in [-0.2, -0.15) is 0 Å². The maximum absolute atomic E-state index is 10.6. The molecule has 110 valence electrons. The van der Waals surface area contributed by atoms with Crippen molar-refractivity contribution < 1.29 is 5.11 Å². The van der Waals surface area contributed by atoms with Gasteiger partial charge in [0.2, 0.25) is 0 Å². The lowest BCUT2D eigenvalue weighted by molar-refractivity contribution is 0.0936. The standard InChI is InChI=1S/C19H23NO/c1-20(2)17-11-7-14(8-12-17)13-16-10-9-15-5-3-4-6-18(15)19(16)21/h3-8,11-12,16,19,21H,9-10,13H2,1-2H3. The van der Waals surface area contributed by atoms with Crippen molar-refractivity contribution in [3.63, 3.8) is 0 Å². The first kappa shape index (κ1) is 14.2. The summed E-state index contributed by atoms with van der Waals surface area (Å²) in [4.78, 5) is 2.11. The molecule has 2 aromatic rings. The van der Waals surface area contributed by atoms with Gasteiger partial charge in [-0.05, 0) is 54.0 Å². The van der Waals surface area contributed by atoms with Crippen LogP contribution in [-0.4, -0.2) is 19.2 Å². The van der Waals surface area contributed by atoms with E-state index in [1.807, 2.05) is 6.07 Å². The second-order valence-corrected chi connectivity index (χ2v) is 6.21. The molecule has 2 heteroatoms. The van der Waals surface area contributed by atoms with Crippen LogP contribution in [0.4, 0.5) is 5.69 Å². The Morgan fingerprint density at radius 2 is 1.76 bits per heavy atom. The Morgan fingerprint density at radius 1 is 1.05 bits per heavy atom. The van der Waals surface area contributed by atoms with Crippen molar-refractivity contribution in [2.45, 2.75) is 25.4 Å². The summed E-state index contributed by atoms with van der Waals surface area (Å²) < 4.78 is 0. The number of aryl methyl sites for hydroxylation is 1. The van der Waals surface area contributed by atoms with E-state index >= 15 is 0 Å². The highest BCUT2D eigenvalue weighted by molar-refractivity contribution is 5.46. The Labute approximate surface area is 127 Å². The number of hydrogen-bond donors (Lipinski definition) is 1. The third-order valence-electron chi connectivity index (χ3n) is 4.56. The van der Waals surface area contributed by atoms with Gasteiger partial charge < -0.3 is 10.0 Å². The van der Waals surface area contributed by atoms with E-state index in [-0.39, 0.29) is 6.10 Å². The molecule has 0 spiro atoms. The Kier molecular flexibility index (Phi) is 3.98. The zero-order chi connectivity index (χ0) is 14.8. The van der Waals surface area contributed by atoms with Gasteiger partial charge in [0, 0.05) is 19.8 Å². The van der Waals surface area contributed by atoms with Crippen molar-refractivity contribution in [1.29, 1.82) is 0 Å². The van der Waals surface area contributed by atoms with Crippen molar-refractivity contribution in [2.75, 3.05) is 19.0 Å². The van der Waals surface area contributed by atoms with Crippen LogP contribution in [0.2, 0.25) is 0 Å². The Morgan fingerprint density at radius 3 is 2.48 bits per heavy atom. The van der Waals surface area contributed by atoms with Crippen LogP contribution in [0.25, 0.3) is 0 Å². The fraction of sp³-hybridized carbons (Fsp3) is 0.368. The SMILES string of the molecule is CN(C)c1ccc(CC2CCc3ccccc3C2O)cc1. The van der Waals surface area contributed by atoms with Gasteiger partial charge in [-0.25, -0.2) is 0 Å². The summed E-state index contributed by atoms with van der Waals surface area (Å²) in [5, 5.41) is 10.6. The van der Waals surface area contributed by atoms with Gasteiger partial charge >= 0.3 is 0 Å². The summed E-state index contributed by atoms with van der Waals surface area (Å²) in [6, 6.07) is 17.0. The average Bonchev–Trinajstić information content (AvgIpc) is 2.51. The lowest BCUT2D eigenvalue weighted by Gasteiger charge is -2.30. The van der Waals surface area contributed by atoms with Crippen LogP contribution in [-0.2, 0) is 12.8 Å². The third-order valence-corrected chi connectivity index (χ3v) is 4.56. The maximum atomic E-state index is 10.6. The maximum Gasteiger partial charge on any atom is 0.0824 e. The summed E-state index contributed by atoms with van der Waals surface area (Å²) in [6.45, 7) is 0. The third kappa shape index (κ3) is 2.96. The van der Waals surface area contributed by atoms with Crippen molar-refractivity contribution in [2.24, 2.45) is 5.92 Å². The monoisotopic (exact) mass is 281 g/mol. The van der Waals surface area contributed by atoms with Crippen molar-refractivity contribution in [3.8, 4) is 0 Å².